The Bertz CT molecular complexity index is 407. The van der Waals surface area contributed by atoms with E-state index in [2.05, 4.69) is 4.90 Å². The van der Waals surface area contributed by atoms with E-state index in [4.69, 9.17) is 10.5 Å². The highest BCUT2D eigenvalue weighted by Gasteiger charge is 2.30. The van der Waals surface area contributed by atoms with Gasteiger partial charge < -0.3 is 20.5 Å². The predicted octanol–water partition coefficient (Wildman–Crippen LogP) is 1.37. The van der Waals surface area contributed by atoms with Gasteiger partial charge in [-0.1, -0.05) is 12.1 Å². The van der Waals surface area contributed by atoms with Crippen LogP contribution in [-0.2, 0) is 6.54 Å². The van der Waals surface area contributed by atoms with Gasteiger partial charge in [-0.15, -0.1) is 0 Å². The fourth-order valence-electron chi connectivity index (χ4n) is 2.47. The number of nitrogens with two attached hydrogens (primary N) is 1. The zero-order chi connectivity index (χ0) is 13.7. The van der Waals surface area contributed by atoms with Gasteiger partial charge in [0.2, 0.25) is 0 Å². The van der Waals surface area contributed by atoms with E-state index in [1.165, 1.54) is 0 Å². The van der Waals surface area contributed by atoms with E-state index < -0.39 is 5.60 Å². The lowest BCUT2D eigenvalue weighted by Crippen LogP contribution is -2.30. The van der Waals surface area contributed by atoms with Gasteiger partial charge in [-0.05, 0) is 37.5 Å². The number of β-amino-alcohol motifs (C(OH)–C–C–N with tert-alkyl or cyclic N) is 1. The molecule has 0 radical (unpaired) electrons. The maximum Gasteiger partial charge on any atom is 0.119 e. The molecule has 1 fully saturated rings. The average Bonchev–Trinajstić information content (AvgIpc) is 2.74. The minimum absolute atomic E-state index is 0.504. The van der Waals surface area contributed by atoms with Crippen LogP contribution in [0.25, 0.3) is 0 Å². The fraction of sp³-hybridized carbons (Fsp3) is 0.600. The summed E-state index contributed by atoms with van der Waals surface area (Å²) in [5, 5.41) is 9.87. The number of hydrogen-bond acceptors (Lipinski definition) is 4. The van der Waals surface area contributed by atoms with E-state index in [0.29, 0.717) is 13.2 Å². The summed E-state index contributed by atoms with van der Waals surface area (Å²) >= 11 is 0. The Morgan fingerprint density at radius 1 is 1.47 bits per heavy atom. The second-order valence-electron chi connectivity index (χ2n) is 5.58. The molecule has 106 valence electrons. The van der Waals surface area contributed by atoms with Gasteiger partial charge in [-0.3, -0.25) is 0 Å². The summed E-state index contributed by atoms with van der Waals surface area (Å²) in [5.74, 6) is 0.886. The zero-order valence-corrected chi connectivity index (χ0v) is 11.6. The number of likely N-dealkylation sites (tertiary alicyclic amines) is 1. The minimum Gasteiger partial charge on any atom is -0.494 e. The van der Waals surface area contributed by atoms with Crippen LogP contribution in [0.2, 0.25) is 0 Å². The van der Waals surface area contributed by atoms with Gasteiger partial charge >= 0.3 is 0 Å². The van der Waals surface area contributed by atoms with Gasteiger partial charge in [0, 0.05) is 26.2 Å². The second-order valence-corrected chi connectivity index (χ2v) is 5.58. The largest absolute Gasteiger partial charge is 0.494 e. The maximum absolute atomic E-state index is 9.87. The van der Waals surface area contributed by atoms with Crippen molar-refractivity contribution in [3.05, 3.63) is 29.8 Å². The van der Waals surface area contributed by atoms with Crippen molar-refractivity contribution >= 4 is 0 Å². The Morgan fingerprint density at radius 3 is 3.00 bits per heavy atom. The molecule has 1 aliphatic heterocycles. The first kappa shape index (κ1) is 14.3. The molecule has 0 aromatic heterocycles. The highest BCUT2D eigenvalue weighted by Crippen LogP contribution is 2.20. The molecule has 1 aromatic rings. The first-order valence-corrected chi connectivity index (χ1v) is 6.96. The summed E-state index contributed by atoms with van der Waals surface area (Å²) in [5.41, 5.74) is 6.18. The van der Waals surface area contributed by atoms with Crippen molar-refractivity contribution in [1.29, 1.82) is 0 Å². The van der Waals surface area contributed by atoms with E-state index >= 15 is 0 Å². The Kier molecular flexibility index (Phi) is 4.80. The molecule has 1 saturated heterocycles. The van der Waals surface area contributed by atoms with E-state index in [-0.39, 0.29) is 0 Å². The number of ether oxygens (including phenoxy) is 1. The van der Waals surface area contributed by atoms with Crippen molar-refractivity contribution < 1.29 is 9.84 Å². The predicted molar refractivity (Wildman–Crippen MR) is 76.1 cm³/mol. The zero-order valence-electron chi connectivity index (χ0n) is 11.6. The molecule has 0 bridgehead atoms. The molecule has 1 aromatic carbocycles. The van der Waals surface area contributed by atoms with Crippen LogP contribution in [0.1, 0.15) is 25.3 Å². The number of aliphatic hydroxyl groups is 1. The summed E-state index contributed by atoms with van der Waals surface area (Å²) in [7, 11) is 0. The molecule has 1 heterocycles. The lowest BCUT2D eigenvalue weighted by atomic mass is 10.1. The van der Waals surface area contributed by atoms with Crippen LogP contribution in [0, 0.1) is 0 Å². The Hall–Kier alpha value is -1.10. The molecule has 0 amide bonds. The first-order chi connectivity index (χ1) is 9.09. The Labute approximate surface area is 115 Å². The van der Waals surface area contributed by atoms with E-state index in [1.807, 2.05) is 31.2 Å². The van der Waals surface area contributed by atoms with Gasteiger partial charge in [0.15, 0.2) is 0 Å². The third-order valence-electron chi connectivity index (χ3n) is 3.55. The topological polar surface area (TPSA) is 58.7 Å². The fourth-order valence-corrected chi connectivity index (χ4v) is 2.47. The average molecular weight is 264 g/mol. The molecule has 1 unspecified atom stereocenters. The highest BCUT2D eigenvalue weighted by atomic mass is 16.5. The third-order valence-corrected chi connectivity index (χ3v) is 3.55. The molecule has 4 heteroatoms. The molecular formula is C15H24N2O2. The monoisotopic (exact) mass is 264 g/mol. The second kappa shape index (κ2) is 6.37. The SMILES string of the molecule is CC1(O)CCN(CCCOc2cccc(CN)c2)C1. The van der Waals surface area contributed by atoms with Crippen molar-refractivity contribution in [2.75, 3.05) is 26.2 Å². The molecule has 0 aliphatic carbocycles. The number of benzene rings is 1. The normalized spacial score (nSPS) is 23.7. The molecule has 1 atom stereocenters. The molecule has 3 N–H and O–H groups in total. The maximum atomic E-state index is 9.87. The number of hydrogen-bond donors (Lipinski definition) is 2. The third kappa shape index (κ3) is 4.49. The Morgan fingerprint density at radius 2 is 2.32 bits per heavy atom. The van der Waals surface area contributed by atoms with Gasteiger partial charge in [0.25, 0.3) is 0 Å². The van der Waals surface area contributed by atoms with Crippen LogP contribution in [0.15, 0.2) is 24.3 Å². The van der Waals surface area contributed by atoms with Crippen molar-refractivity contribution in [2.24, 2.45) is 5.73 Å². The Balaban J connectivity index is 1.67. The van der Waals surface area contributed by atoms with Crippen molar-refractivity contribution in [1.82, 2.24) is 4.90 Å². The van der Waals surface area contributed by atoms with Gasteiger partial charge in [0.1, 0.15) is 5.75 Å². The van der Waals surface area contributed by atoms with Crippen molar-refractivity contribution in [2.45, 2.75) is 31.9 Å². The van der Waals surface area contributed by atoms with Gasteiger partial charge in [-0.25, -0.2) is 0 Å². The van der Waals surface area contributed by atoms with Crippen LogP contribution in [0.4, 0.5) is 0 Å². The molecule has 19 heavy (non-hydrogen) atoms. The smallest absolute Gasteiger partial charge is 0.119 e. The molecule has 1 aliphatic rings. The van der Waals surface area contributed by atoms with Crippen LogP contribution in [-0.4, -0.2) is 41.8 Å². The number of rotatable bonds is 6. The van der Waals surface area contributed by atoms with Gasteiger partial charge in [0.05, 0.1) is 12.2 Å². The first-order valence-electron chi connectivity index (χ1n) is 6.96. The molecule has 4 nitrogen and oxygen atoms in total. The van der Waals surface area contributed by atoms with Crippen LogP contribution in [0.5, 0.6) is 5.75 Å². The van der Waals surface area contributed by atoms with Crippen molar-refractivity contribution in [3.8, 4) is 5.75 Å². The summed E-state index contributed by atoms with van der Waals surface area (Å²) in [6.07, 6.45) is 1.84. The van der Waals surface area contributed by atoms with Crippen molar-refractivity contribution in [3.63, 3.8) is 0 Å². The standard InChI is InChI=1S/C15H24N2O2/c1-15(18)6-8-17(12-15)7-3-9-19-14-5-2-4-13(10-14)11-16/h2,4-5,10,18H,3,6-9,11-12,16H2,1H3. The molecule has 0 saturated carbocycles. The molecule has 0 spiro atoms. The number of nitrogens with zero attached hydrogens (tertiary/aromatic N) is 1. The van der Waals surface area contributed by atoms with Crippen LogP contribution < -0.4 is 10.5 Å². The minimum atomic E-state index is -0.504. The lowest BCUT2D eigenvalue weighted by Gasteiger charge is -2.18. The van der Waals surface area contributed by atoms with E-state index in [0.717, 1.165) is 43.8 Å². The van der Waals surface area contributed by atoms with Crippen LogP contribution in [0.3, 0.4) is 0 Å². The van der Waals surface area contributed by atoms with E-state index in [9.17, 15) is 5.11 Å². The molecular weight excluding hydrogens is 240 g/mol. The summed E-state index contributed by atoms with van der Waals surface area (Å²) < 4.78 is 5.72. The quantitative estimate of drug-likeness (QED) is 0.762. The van der Waals surface area contributed by atoms with Gasteiger partial charge in [-0.2, -0.15) is 0 Å². The molecule has 2 rings (SSSR count). The lowest BCUT2D eigenvalue weighted by molar-refractivity contribution is 0.0681. The summed E-state index contributed by atoms with van der Waals surface area (Å²) in [6.45, 7) is 5.88. The van der Waals surface area contributed by atoms with Crippen LogP contribution >= 0.6 is 0 Å². The summed E-state index contributed by atoms with van der Waals surface area (Å²) in [6, 6.07) is 7.91. The highest BCUT2D eigenvalue weighted by molar-refractivity contribution is 5.28. The van der Waals surface area contributed by atoms with E-state index in [1.54, 1.807) is 0 Å². The summed E-state index contributed by atoms with van der Waals surface area (Å²) in [4.78, 5) is 2.29.